The van der Waals surface area contributed by atoms with Crippen LogP contribution in [-0.2, 0) is 10.2 Å². The zero-order valence-corrected chi connectivity index (χ0v) is 14.0. The Morgan fingerprint density at radius 3 is 2.08 bits per heavy atom. The van der Waals surface area contributed by atoms with Gasteiger partial charge in [-0.2, -0.15) is 0 Å². The quantitative estimate of drug-likeness (QED) is 0.878. The van der Waals surface area contributed by atoms with Crippen molar-refractivity contribution in [3.05, 3.63) is 59.7 Å². The molecule has 0 aliphatic heterocycles. The molecule has 1 amide bonds. The number of amides is 1. The third-order valence-electron chi connectivity index (χ3n) is 3.49. The van der Waals surface area contributed by atoms with E-state index in [1.165, 1.54) is 5.56 Å². The highest BCUT2D eigenvalue weighted by atomic mass is 16.5. The monoisotopic (exact) mass is 327 g/mol. The Hall–Kier alpha value is -2.82. The summed E-state index contributed by atoms with van der Waals surface area (Å²) < 4.78 is 5.04. The van der Waals surface area contributed by atoms with Crippen LogP contribution in [0.25, 0.3) is 0 Å². The van der Waals surface area contributed by atoms with Crippen molar-refractivity contribution < 1.29 is 19.4 Å². The highest BCUT2D eigenvalue weighted by Gasteiger charge is 2.14. The summed E-state index contributed by atoms with van der Waals surface area (Å²) in [5, 5.41) is 11.4. The first-order valence-corrected chi connectivity index (χ1v) is 7.62. The van der Waals surface area contributed by atoms with Gasteiger partial charge in [-0.25, -0.2) is 4.79 Å². The first-order valence-electron chi connectivity index (χ1n) is 7.62. The number of carbonyl (C=O) groups is 2. The Morgan fingerprint density at radius 2 is 1.58 bits per heavy atom. The number of benzene rings is 2. The summed E-state index contributed by atoms with van der Waals surface area (Å²) in [5.74, 6) is -0.800. The minimum atomic E-state index is -1.04. The number of nitrogens with one attached hydrogen (secondary N) is 1. The van der Waals surface area contributed by atoms with E-state index < -0.39 is 12.6 Å². The third kappa shape index (κ3) is 4.84. The van der Waals surface area contributed by atoms with E-state index >= 15 is 0 Å². The Morgan fingerprint density at radius 1 is 1.00 bits per heavy atom. The average Bonchev–Trinajstić information content (AvgIpc) is 2.53. The van der Waals surface area contributed by atoms with Crippen molar-refractivity contribution in [2.45, 2.75) is 26.2 Å². The fraction of sp³-hybridized carbons (Fsp3) is 0.263. The van der Waals surface area contributed by atoms with Crippen LogP contribution < -0.4 is 10.1 Å². The van der Waals surface area contributed by atoms with E-state index in [0.717, 1.165) is 0 Å². The van der Waals surface area contributed by atoms with Gasteiger partial charge in [0.15, 0.2) is 6.61 Å². The molecule has 0 bridgehead atoms. The fourth-order valence-electron chi connectivity index (χ4n) is 2.10. The van der Waals surface area contributed by atoms with E-state index in [1.807, 2.05) is 12.1 Å². The molecule has 2 N–H and O–H groups in total. The van der Waals surface area contributed by atoms with Crippen LogP contribution in [0, 0.1) is 0 Å². The molecule has 24 heavy (non-hydrogen) atoms. The lowest BCUT2D eigenvalue weighted by molar-refractivity contribution is -0.139. The molecule has 0 aromatic heterocycles. The summed E-state index contributed by atoms with van der Waals surface area (Å²) in [6, 6.07) is 14.1. The van der Waals surface area contributed by atoms with Crippen molar-refractivity contribution in [3.8, 4) is 5.75 Å². The van der Waals surface area contributed by atoms with Crippen LogP contribution >= 0.6 is 0 Å². The van der Waals surface area contributed by atoms with Crippen molar-refractivity contribution in [1.29, 1.82) is 0 Å². The second-order valence-corrected chi connectivity index (χ2v) is 6.49. The van der Waals surface area contributed by atoms with Crippen molar-refractivity contribution in [1.82, 2.24) is 0 Å². The maximum Gasteiger partial charge on any atom is 0.341 e. The maximum atomic E-state index is 12.3. The van der Waals surface area contributed by atoms with Gasteiger partial charge in [0.05, 0.1) is 0 Å². The van der Waals surface area contributed by atoms with Crippen molar-refractivity contribution in [3.63, 3.8) is 0 Å². The number of hydrogen-bond donors (Lipinski definition) is 2. The number of aliphatic carboxylic acids is 1. The molecule has 0 fully saturated rings. The third-order valence-corrected chi connectivity index (χ3v) is 3.49. The van der Waals surface area contributed by atoms with Crippen molar-refractivity contribution >= 4 is 17.6 Å². The van der Waals surface area contributed by atoms with Crippen LogP contribution in [0.15, 0.2) is 48.5 Å². The smallest absolute Gasteiger partial charge is 0.341 e. The molecule has 0 aliphatic carbocycles. The van der Waals surface area contributed by atoms with Crippen LogP contribution in [0.5, 0.6) is 5.75 Å². The first-order chi connectivity index (χ1) is 11.3. The van der Waals surface area contributed by atoms with Gasteiger partial charge >= 0.3 is 5.97 Å². The Labute approximate surface area is 141 Å². The minimum Gasteiger partial charge on any atom is -0.482 e. The number of ether oxygens (including phenoxy) is 1. The molecule has 5 nitrogen and oxygen atoms in total. The van der Waals surface area contributed by atoms with Crippen LogP contribution in [0.4, 0.5) is 5.69 Å². The van der Waals surface area contributed by atoms with Gasteiger partial charge in [-0.05, 0) is 47.4 Å². The lowest BCUT2D eigenvalue weighted by atomic mass is 9.87. The Bertz CT molecular complexity index is 713. The molecule has 0 heterocycles. The van der Waals surface area contributed by atoms with Gasteiger partial charge in [0, 0.05) is 11.3 Å². The summed E-state index contributed by atoms with van der Waals surface area (Å²) >= 11 is 0. The SMILES string of the molecule is CC(C)(C)c1ccc(C(=O)Nc2ccc(OCC(=O)O)cc2)cc1. The standard InChI is InChI=1S/C19H21NO4/c1-19(2,3)14-6-4-13(5-7-14)18(23)20-15-8-10-16(11-9-15)24-12-17(21)22/h4-11H,12H2,1-3H3,(H,20,23)(H,21,22). The number of carboxylic acids is 1. The average molecular weight is 327 g/mol. The van der Waals surface area contributed by atoms with Gasteiger partial charge in [-0.1, -0.05) is 32.9 Å². The highest BCUT2D eigenvalue weighted by molar-refractivity contribution is 6.04. The van der Waals surface area contributed by atoms with Crippen LogP contribution in [-0.4, -0.2) is 23.6 Å². The summed E-state index contributed by atoms with van der Waals surface area (Å²) in [6.45, 7) is 5.97. The van der Waals surface area contributed by atoms with Crippen LogP contribution in [0.1, 0.15) is 36.7 Å². The van der Waals surface area contributed by atoms with E-state index in [0.29, 0.717) is 17.0 Å². The van der Waals surface area contributed by atoms with Crippen LogP contribution in [0.2, 0.25) is 0 Å². The molecule has 0 radical (unpaired) electrons. The topological polar surface area (TPSA) is 75.6 Å². The maximum absolute atomic E-state index is 12.3. The molecule has 0 atom stereocenters. The van der Waals surface area contributed by atoms with Gasteiger partial charge in [-0.3, -0.25) is 4.79 Å². The van der Waals surface area contributed by atoms with Gasteiger partial charge < -0.3 is 15.2 Å². The predicted molar refractivity (Wildman–Crippen MR) is 92.7 cm³/mol. The van der Waals surface area contributed by atoms with E-state index in [4.69, 9.17) is 9.84 Å². The molecule has 0 saturated carbocycles. The number of rotatable bonds is 5. The molecule has 0 spiro atoms. The van der Waals surface area contributed by atoms with E-state index in [9.17, 15) is 9.59 Å². The number of anilines is 1. The lowest BCUT2D eigenvalue weighted by Crippen LogP contribution is -2.14. The van der Waals surface area contributed by atoms with Crippen molar-refractivity contribution in [2.75, 3.05) is 11.9 Å². The fourth-order valence-corrected chi connectivity index (χ4v) is 2.10. The van der Waals surface area contributed by atoms with Crippen molar-refractivity contribution in [2.24, 2.45) is 0 Å². The minimum absolute atomic E-state index is 0.0424. The second-order valence-electron chi connectivity index (χ2n) is 6.49. The number of hydrogen-bond acceptors (Lipinski definition) is 3. The van der Waals surface area contributed by atoms with Gasteiger partial charge in [0.2, 0.25) is 0 Å². The zero-order valence-electron chi connectivity index (χ0n) is 14.0. The van der Waals surface area contributed by atoms with Gasteiger partial charge in [0.25, 0.3) is 5.91 Å². The zero-order chi connectivity index (χ0) is 17.7. The van der Waals surface area contributed by atoms with E-state index in [-0.39, 0.29) is 11.3 Å². The number of carboxylic acid groups (broad SMARTS) is 1. The molecule has 0 saturated heterocycles. The molecule has 2 rings (SSSR count). The molecular weight excluding hydrogens is 306 g/mol. The molecule has 0 unspecified atom stereocenters. The Balaban J connectivity index is 2.00. The second kappa shape index (κ2) is 7.17. The first kappa shape index (κ1) is 17.5. The summed E-state index contributed by atoms with van der Waals surface area (Å²) in [4.78, 5) is 22.7. The van der Waals surface area contributed by atoms with E-state index in [1.54, 1.807) is 36.4 Å². The summed E-state index contributed by atoms with van der Waals surface area (Å²) in [6.07, 6.45) is 0. The molecule has 126 valence electrons. The summed E-state index contributed by atoms with van der Waals surface area (Å²) in [7, 11) is 0. The molecule has 2 aromatic rings. The summed E-state index contributed by atoms with van der Waals surface area (Å²) in [5.41, 5.74) is 2.40. The lowest BCUT2D eigenvalue weighted by Gasteiger charge is -2.19. The van der Waals surface area contributed by atoms with Crippen LogP contribution in [0.3, 0.4) is 0 Å². The van der Waals surface area contributed by atoms with Gasteiger partial charge in [0.1, 0.15) is 5.75 Å². The van der Waals surface area contributed by atoms with Gasteiger partial charge in [-0.15, -0.1) is 0 Å². The normalized spacial score (nSPS) is 11.0. The number of carbonyl (C=O) groups excluding carboxylic acids is 1. The largest absolute Gasteiger partial charge is 0.482 e. The Kier molecular flexibility index (Phi) is 5.24. The highest BCUT2D eigenvalue weighted by Crippen LogP contribution is 2.22. The molecule has 5 heteroatoms. The molecular formula is C19H21NO4. The predicted octanol–water partition coefficient (Wildman–Crippen LogP) is 3.70. The van der Waals surface area contributed by atoms with E-state index in [2.05, 4.69) is 26.1 Å². The molecule has 2 aromatic carbocycles. The molecule has 0 aliphatic rings.